The van der Waals surface area contributed by atoms with Crippen LogP contribution in [0, 0.1) is 0 Å². The van der Waals surface area contributed by atoms with Crippen LogP contribution < -0.4 is 0 Å². The third-order valence-electron chi connectivity index (χ3n) is 1.70. The van der Waals surface area contributed by atoms with Crippen LogP contribution in [-0.4, -0.2) is 8.42 Å². The standard InChI is InChI=1S/C9H9F3.Cl2O2S/c1-2-7-5-3-4-6-8(7)9(10,11)12;1-5(2,3)4/h3-6H,2H2,1H3;. The molecule has 0 fully saturated rings. The van der Waals surface area contributed by atoms with Gasteiger partial charge in [-0.3, -0.25) is 0 Å². The Morgan fingerprint density at radius 3 is 1.88 bits per heavy atom. The molecule has 0 aromatic heterocycles. The van der Waals surface area contributed by atoms with Gasteiger partial charge < -0.3 is 0 Å². The molecule has 0 saturated carbocycles. The maximum absolute atomic E-state index is 12.2. The monoisotopic (exact) mass is 308 g/mol. The van der Waals surface area contributed by atoms with Crippen LogP contribution in [0.5, 0.6) is 0 Å². The number of benzene rings is 1. The van der Waals surface area contributed by atoms with E-state index in [-0.39, 0.29) is 0 Å². The molecule has 0 heterocycles. The smallest absolute Gasteiger partial charge is 0.195 e. The first-order valence-electron chi connectivity index (χ1n) is 4.35. The lowest BCUT2D eigenvalue weighted by Crippen LogP contribution is -2.08. The molecule has 0 spiro atoms. The maximum atomic E-state index is 12.2. The van der Waals surface area contributed by atoms with Crippen LogP contribution in [0.25, 0.3) is 0 Å². The highest BCUT2D eigenvalue weighted by Gasteiger charge is 2.32. The normalized spacial score (nSPS) is 11.6. The summed E-state index contributed by atoms with van der Waals surface area (Å²) in [5.74, 6) is 0. The molecule has 0 unspecified atom stereocenters. The minimum Gasteiger partial charge on any atom is -0.195 e. The van der Waals surface area contributed by atoms with Gasteiger partial charge in [0.2, 0.25) is 0 Å². The van der Waals surface area contributed by atoms with Gasteiger partial charge in [-0.15, -0.1) is 0 Å². The Morgan fingerprint density at radius 2 is 1.59 bits per heavy atom. The zero-order valence-corrected chi connectivity index (χ0v) is 11.0. The van der Waals surface area contributed by atoms with E-state index in [9.17, 15) is 13.2 Å². The van der Waals surface area contributed by atoms with Crippen molar-refractivity contribution < 1.29 is 21.6 Å². The highest BCUT2D eigenvalue weighted by molar-refractivity contribution is 8.31. The molecule has 2 nitrogen and oxygen atoms in total. The topological polar surface area (TPSA) is 34.1 Å². The number of halogens is 5. The molecule has 0 radical (unpaired) electrons. The van der Waals surface area contributed by atoms with Crippen molar-refractivity contribution >= 4 is 29.6 Å². The number of rotatable bonds is 1. The predicted octanol–water partition coefficient (Wildman–Crippen LogP) is 3.98. The van der Waals surface area contributed by atoms with E-state index < -0.39 is 20.0 Å². The first-order valence-corrected chi connectivity index (χ1v) is 7.48. The van der Waals surface area contributed by atoms with Crippen molar-refractivity contribution in [2.24, 2.45) is 0 Å². The average Bonchev–Trinajstić information content (AvgIpc) is 2.14. The number of alkyl halides is 3. The fraction of sp³-hybridized carbons (Fsp3) is 0.333. The summed E-state index contributed by atoms with van der Waals surface area (Å²) in [6.45, 7) is 1.71. The van der Waals surface area contributed by atoms with Gasteiger partial charge >= 0.3 is 14.4 Å². The lowest BCUT2D eigenvalue weighted by molar-refractivity contribution is -0.138. The summed E-state index contributed by atoms with van der Waals surface area (Å²) in [5.41, 5.74) is -0.169. The quantitative estimate of drug-likeness (QED) is 0.735. The van der Waals surface area contributed by atoms with E-state index in [4.69, 9.17) is 8.42 Å². The van der Waals surface area contributed by atoms with E-state index in [0.717, 1.165) is 6.07 Å². The molecule has 0 amide bonds. The van der Waals surface area contributed by atoms with E-state index in [0.29, 0.717) is 12.0 Å². The third-order valence-corrected chi connectivity index (χ3v) is 1.70. The van der Waals surface area contributed by atoms with E-state index in [2.05, 4.69) is 21.4 Å². The Bertz CT molecular complexity index is 450. The van der Waals surface area contributed by atoms with Crippen molar-refractivity contribution in [1.82, 2.24) is 0 Å². The van der Waals surface area contributed by atoms with Crippen LogP contribution in [0.4, 0.5) is 13.2 Å². The molecule has 1 aromatic carbocycles. The van der Waals surface area contributed by atoms with Gasteiger partial charge in [0.25, 0.3) is 0 Å². The molecule has 17 heavy (non-hydrogen) atoms. The predicted molar refractivity (Wildman–Crippen MR) is 61.4 cm³/mol. The first-order chi connectivity index (χ1) is 7.55. The largest absolute Gasteiger partial charge is 0.416 e. The van der Waals surface area contributed by atoms with Crippen molar-refractivity contribution in [1.29, 1.82) is 0 Å². The minimum absolute atomic E-state index is 0.352. The SMILES string of the molecule is CCc1ccccc1C(F)(F)F.O=S(=O)(Cl)Cl. The van der Waals surface area contributed by atoms with Gasteiger partial charge in [-0.25, -0.2) is 0 Å². The Kier molecular flexibility index (Phi) is 6.29. The van der Waals surface area contributed by atoms with Gasteiger partial charge in [-0.2, -0.15) is 21.6 Å². The molecular weight excluding hydrogens is 300 g/mol. The second-order valence-corrected chi connectivity index (χ2v) is 6.56. The highest BCUT2D eigenvalue weighted by atomic mass is 36.0. The second-order valence-electron chi connectivity index (χ2n) is 2.89. The van der Waals surface area contributed by atoms with Gasteiger partial charge in [0.15, 0.2) is 0 Å². The van der Waals surface area contributed by atoms with Crippen LogP contribution in [0.15, 0.2) is 24.3 Å². The molecule has 0 bridgehead atoms. The van der Waals surface area contributed by atoms with Gasteiger partial charge in [-0.1, -0.05) is 25.1 Å². The fourth-order valence-corrected chi connectivity index (χ4v) is 1.11. The van der Waals surface area contributed by atoms with Crippen LogP contribution in [0.2, 0.25) is 0 Å². The summed E-state index contributed by atoms with van der Waals surface area (Å²) in [4.78, 5) is 0. The molecule has 0 atom stereocenters. The van der Waals surface area contributed by atoms with Crippen molar-refractivity contribution in [3.05, 3.63) is 35.4 Å². The summed E-state index contributed by atoms with van der Waals surface area (Å²) in [5, 5.41) is 0. The Hall–Kier alpha value is -0.460. The van der Waals surface area contributed by atoms with Gasteiger partial charge in [0, 0.05) is 21.4 Å². The van der Waals surface area contributed by atoms with Gasteiger partial charge in [0.1, 0.15) is 0 Å². The first kappa shape index (κ1) is 16.5. The van der Waals surface area contributed by atoms with E-state index >= 15 is 0 Å². The summed E-state index contributed by atoms with van der Waals surface area (Å²) in [6, 6.07) is 5.64. The minimum atomic E-state index is -4.22. The molecule has 0 aliphatic heterocycles. The van der Waals surface area contributed by atoms with Crippen LogP contribution in [0.1, 0.15) is 18.1 Å². The maximum Gasteiger partial charge on any atom is 0.416 e. The lowest BCUT2D eigenvalue weighted by atomic mass is 10.1. The van der Waals surface area contributed by atoms with Gasteiger partial charge in [0.05, 0.1) is 5.56 Å². The number of aryl methyl sites for hydroxylation is 1. The number of hydrogen-bond donors (Lipinski definition) is 0. The van der Waals surface area contributed by atoms with Crippen molar-refractivity contribution in [3.63, 3.8) is 0 Å². The molecule has 0 saturated heterocycles. The zero-order valence-electron chi connectivity index (χ0n) is 8.63. The molecule has 8 heteroatoms. The summed E-state index contributed by atoms with van der Waals surface area (Å²) >= 11 is 0. The molecule has 0 aliphatic rings. The molecule has 0 aliphatic carbocycles. The molecule has 98 valence electrons. The average molecular weight is 309 g/mol. The zero-order chi connectivity index (χ0) is 13.7. The summed E-state index contributed by atoms with van der Waals surface area (Å²) in [7, 11) is 4.81. The van der Waals surface area contributed by atoms with E-state index in [1.54, 1.807) is 13.0 Å². The fourth-order valence-electron chi connectivity index (χ4n) is 1.11. The molecule has 1 aromatic rings. The van der Waals surface area contributed by atoms with Gasteiger partial charge in [-0.05, 0) is 18.1 Å². The van der Waals surface area contributed by atoms with Crippen molar-refractivity contribution in [2.45, 2.75) is 19.5 Å². The summed E-state index contributed by atoms with van der Waals surface area (Å²) < 4.78 is 55.0. The van der Waals surface area contributed by atoms with Crippen LogP contribution in [0.3, 0.4) is 0 Å². The summed E-state index contributed by atoms with van der Waals surface area (Å²) in [6.07, 6.45) is -3.80. The van der Waals surface area contributed by atoms with E-state index in [1.165, 1.54) is 12.1 Å². The Labute approximate surface area is 106 Å². The van der Waals surface area contributed by atoms with E-state index in [1.807, 2.05) is 0 Å². The Morgan fingerprint density at radius 1 is 1.18 bits per heavy atom. The Balaban J connectivity index is 0.000000437. The third kappa shape index (κ3) is 8.29. The lowest BCUT2D eigenvalue weighted by Gasteiger charge is -2.10. The molecule has 0 N–H and O–H groups in total. The molecular formula is C9H9Cl2F3O2S. The highest BCUT2D eigenvalue weighted by Crippen LogP contribution is 2.31. The molecule has 1 rings (SSSR count). The van der Waals surface area contributed by atoms with Crippen molar-refractivity contribution in [3.8, 4) is 0 Å². The number of hydrogen-bond acceptors (Lipinski definition) is 2. The van der Waals surface area contributed by atoms with Crippen LogP contribution in [-0.2, 0) is 20.9 Å². The van der Waals surface area contributed by atoms with Crippen molar-refractivity contribution in [2.75, 3.05) is 0 Å². The second kappa shape index (κ2) is 6.47. The van der Waals surface area contributed by atoms with Crippen LogP contribution >= 0.6 is 21.4 Å².